The number of nitro groups is 2. The zero-order chi connectivity index (χ0) is 22.7. The molecule has 32 heavy (non-hydrogen) atoms. The summed E-state index contributed by atoms with van der Waals surface area (Å²) in [6.45, 7) is 0. The van der Waals surface area contributed by atoms with E-state index in [1.807, 2.05) is 42.5 Å². The van der Waals surface area contributed by atoms with Crippen molar-refractivity contribution in [3.05, 3.63) is 122 Å². The van der Waals surface area contributed by atoms with Crippen LogP contribution in [0.15, 0.2) is 90.0 Å². The van der Waals surface area contributed by atoms with Crippen molar-refractivity contribution in [2.75, 3.05) is 5.43 Å². The van der Waals surface area contributed by atoms with Crippen LogP contribution in [0.4, 0.5) is 21.5 Å². The molecule has 4 rings (SSSR count). The molecule has 1 N–H and O–H groups in total. The summed E-state index contributed by atoms with van der Waals surface area (Å²) in [5, 5.41) is 28.7. The Bertz CT molecular complexity index is 1390. The summed E-state index contributed by atoms with van der Waals surface area (Å²) in [7, 11) is 0. The molecule has 0 bridgehead atoms. The fourth-order valence-corrected chi connectivity index (χ4v) is 3.26. The monoisotopic (exact) mass is 430 g/mol. The van der Waals surface area contributed by atoms with E-state index in [1.165, 1.54) is 24.3 Å². The molecular formula is C23H15FN4O4. The molecule has 0 saturated carbocycles. The van der Waals surface area contributed by atoms with E-state index in [0.717, 1.165) is 22.9 Å². The number of anilines is 1. The average molecular weight is 430 g/mol. The molecule has 0 spiro atoms. The van der Waals surface area contributed by atoms with Crippen LogP contribution >= 0.6 is 0 Å². The predicted molar refractivity (Wildman–Crippen MR) is 119 cm³/mol. The highest BCUT2D eigenvalue weighted by Crippen LogP contribution is 2.29. The van der Waals surface area contributed by atoms with Gasteiger partial charge >= 0.3 is 5.69 Å². The second-order valence-electron chi connectivity index (χ2n) is 6.86. The topological polar surface area (TPSA) is 111 Å². The molecule has 0 unspecified atom stereocenters. The molecule has 0 aliphatic heterocycles. The molecule has 0 aromatic heterocycles. The number of benzene rings is 4. The molecule has 8 nitrogen and oxygen atoms in total. The average Bonchev–Trinajstić information content (AvgIpc) is 2.79. The number of nitrogens with zero attached hydrogens (tertiary/aromatic N) is 3. The maximum absolute atomic E-state index is 13.9. The second kappa shape index (κ2) is 8.60. The van der Waals surface area contributed by atoms with Gasteiger partial charge in [0.1, 0.15) is 11.5 Å². The minimum atomic E-state index is -0.733. The van der Waals surface area contributed by atoms with Gasteiger partial charge in [0.05, 0.1) is 21.6 Å². The number of nitro benzene ring substituents is 2. The Balaban J connectivity index is 1.82. The van der Waals surface area contributed by atoms with Crippen LogP contribution in [0.2, 0.25) is 0 Å². The summed E-state index contributed by atoms with van der Waals surface area (Å²) in [6, 6.07) is 22.3. The molecule has 0 aliphatic rings. The molecule has 0 aliphatic carbocycles. The lowest BCUT2D eigenvalue weighted by Crippen LogP contribution is -2.08. The zero-order valence-electron chi connectivity index (χ0n) is 16.4. The third kappa shape index (κ3) is 4.26. The van der Waals surface area contributed by atoms with Gasteiger partial charge in [-0.15, -0.1) is 0 Å². The Labute approximate surface area is 180 Å². The molecule has 0 heterocycles. The Morgan fingerprint density at radius 2 is 1.53 bits per heavy atom. The lowest BCUT2D eigenvalue weighted by molar-refractivity contribution is -0.393. The van der Waals surface area contributed by atoms with Crippen molar-refractivity contribution >= 4 is 33.5 Å². The van der Waals surface area contributed by atoms with Gasteiger partial charge in [0.25, 0.3) is 5.69 Å². The zero-order valence-corrected chi connectivity index (χ0v) is 16.4. The molecular weight excluding hydrogens is 415 g/mol. The maximum Gasteiger partial charge on any atom is 0.301 e. The number of rotatable bonds is 6. The minimum absolute atomic E-state index is 0.0321. The van der Waals surface area contributed by atoms with Crippen molar-refractivity contribution in [1.29, 1.82) is 0 Å². The number of hydrogen-bond donors (Lipinski definition) is 1. The number of hydrazone groups is 1. The van der Waals surface area contributed by atoms with E-state index in [1.54, 1.807) is 6.07 Å². The third-order valence-corrected chi connectivity index (χ3v) is 4.80. The number of halogens is 1. The van der Waals surface area contributed by atoms with Gasteiger partial charge in [-0.3, -0.25) is 25.7 Å². The fraction of sp³-hybridized carbons (Fsp3) is 0. The van der Waals surface area contributed by atoms with Crippen molar-refractivity contribution in [3.8, 4) is 0 Å². The van der Waals surface area contributed by atoms with Crippen LogP contribution in [-0.4, -0.2) is 15.6 Å². The molecule has 0 atom stereocenters. The van der Waals surface area contributed by atoms with Gasteiger partial charge in [0.15, 0.2) is 0 Å². The first kappa shape index (κ1) is 20.6. The van der Waals surface area contributed by atoms with Crippen LogP contribution < -0.4 is 5.43 Å². The summed E-state index contributed by atoms with van der Waals surface area (Å²) in [5.74, 6) is -0.461. The van der Waals surface area contributed by atoms with E-state index in [9.17, 15) is 24.6 Å². The third-order valence-electron chi connectivity index (χ3n) is 4.80. The highest BCUT2D eigenvalue weighted by molar-refractivity contribution is 6.14. The summed E-state index contributed by atoms with van der Waals surface area (Å²) < 4.78 is 13.9. The number of non-ortho nitro benzene ring substituents is 1. The maximum atomic E-state index is 13.9. The Kier molecular flexibility index (Phi) is 5.54. The second-order valence-corrected chi connectivity index (χ2v) is 6.86. The summed E-state index contributed by atoms with van der Waals surface area (Å²) in [6.07, 6.45) is 0. The van der Waals surface area contributed by atoms with Gasteiger partial charge in [-0.05, 0) is 35.0 Å². The molecule has 0 radical (unpaired) electrons. The van der Waals surface area contributed by atoms with Crippen LogP contribution in [0.5, 0.6) is 0 Å². The highest BCUT2D eigenvalue weighted by Gasteiger charge is 2.20. The van der Waals surface area contributed by atoms with Crippen molar-refractivity contribution in [3.63, 3.8) is 0 Å². The number of fused-ring (bicyclic) bond motifs is 1. The van der Waals surface area contributed by atoms with Gasteiger partial charge in [-0.2, -0.15) is 5.10 Å². The first-order valence-electron chi connectivity index (χ1n) is 9.44. The van der Waals surface area contributed by atoms with Gasteiger partial charge in [0.2, 0.25) is 0 Å². The largest absolute Gasteiger partial charge is 0.301 e. The molecule has 0 fully saturated rings. The Hall–Kier alpha value is -4.66. The fourth-order valence-electron chi connectivity index (χ4n) is 3.26. The number of hydrogen-bond acceptors (Lipinski definition) is 6. The van der Waals surface area contributed by atoms with Crippen molar-refractivity contribution in [2.24, 2.45) is 5.10 Å². The van der Waals surface area contributed by atoms with Crippen LogP contribution in [-0.2, 0) is 0 Å². The van der Waals surface area contributed by atoms with Crippen LogP contribution in [0, 0.1) is 26.0 Å². The Morgan fingerprint density at radius 1 is 0.781 bits per heavy atom. The number of nitrogens with one attached hydrogen (secondary N) is 1. The molecule has 0 saturated heterocycles. The van der Waals surface area contributed by atoms with E-state index in [-0.39, 0.29) is 5.69 Å². The van der Waals surface area contributed by atoms with Gasteiger partial charge in [0, 0.05) is 17.2 Å². The molecule has 9 heteroatoms. The quantitative estimate of drug-likeness (QED) is 0.241. The van der Waals surface area contributed by atoms with Gasteiger partial charge in [-0.1, -0.05) is 48.5 Å². The van der Waals surface area contributed by atoms with E-state index >= 15 is 0 Å². The summed E-state index contributed by atoms with van der Waals surface area (Å²) in [5.41, 5.74) is 3.15. The van der Waals surface area contributed by atoms with E-state index in [0.29, 0.717) is 16.8 Å². The molecule has 4 aromatic rings. The van der Waals surface area contributed by atoms with Gasteiger partial charge < -0.3 is 0 Å². The van der Waals surface area contributed by atoms with Crippen molar-refractivity contribution in [2.45, 2.75) is 0 Å². The SMILES string of the molecule is O=[N+]([O-])c1ccc(N/N=C(\c2cccc(F)c2)c2ccc3ccccc3c2)c([N+](=O)[O-])c1. The van der Waals surface area contributed by atoms with Crippen LogP contribution in [0.1, 0.15) is 11.1 Å². The highest BCUT2D eigenvalue weighted by atomic mass is 19.1. The standard InChI is InChI=1S/C23H15FN4O4/c24-19-7-3-6-17(13-19)23(18-9-8-15-4-1-2-5-16(15)12-18)26-25-21-11-10-20(27(29)30)14-22(21)28(31)32/h1-14,25H/b26-23+. The molecule has 158 valence electrons. The smallest absolute Gasteiger partial charge is 0.271 e. The minimum Gasteiger partial charge on any atom is -0.271 e. The lowest BCUT2D eigenvalue weighted by atomic mass is 9.99. The normalized spacial score (nSPS) is 11.3. The molecule has 0 amide bonds. The van der Waals surface area contributed by atoms with E-state index < -0.39 is 27.0 Å². The predicted octanol–water partition coefficient (Wildman–Crippen LogP) is 5.66. The first-order chi connectivity index (χ1) is 15.4. The summed E-state index contributed by atoms with van der Waals surface area (Å²) >= 11 is 0. The van der Waals surface area contributed by atoms with Crippen molar-refractivity contribution in [1.82, 2.24) is 0 Å². The van der Waals surface area contributed by atoms with E-state index in [4.69, 9.17) is 0 Å². The summed E-state index contributed by atoms with van der Waals surface area (Å²) in [4.78, 5) is 20.9. The van der Waals surface area contributed by atoms with E-state index in [2.05, 4.69) is 10.5 Å². The first-order valence-corrected chi connectivity index (χ1v) is 9.44. The van der Waals surface area contributed by atoms with Gasteiger partial charge in [-0.25, -0.2) is 4.39 Å². The van der Waals surface area contributed by atoms with Crippen molar-refractivity contribution < 1.29 is 14.2 Å². The Morgan fingerprint density at radius 3 is 2.25 bits per heavy atom. The molecule has 4 aromatic carbocycles. The van der Waals surface area contributed by atoms with Crippen LogP contribution in [0.3, 0.4) is 0 Å². The van der Waals surface area contributed by atoms with Crippen LogP contribution in [0.25, 0.3) is 10.8 Å². The lowest BCUT2D eigenvalue weighted by Gasteiger charge is -2.10.